The number of pyridine rings is 1. The monoisotopic (exact) mass is 339 g/mol. The van der Waals surface area contributed by atoms with Gasteiger partial charge in [-0.2, -0.15) is 0 Å². The van der Waals surface area contributed by atoms with E-state index in [1.165, 1.54) is 0 Å². The summed E-state index contributed by atoms with van der Waals surface area (Å²) in [7, 11) is 0. The molecule has 0 unspecified atom stereocenters. The molecule has 0 aromatic carbocycles. The van der Waals surface area contributed by atoms with Gasteiger partial charge in [-0.3, -0.25) is 4.79 Å². The lowest BCUT2D eigenvalue weighted by Gasteiger charge is -2.28. The van der Waals surface area contributed by atoms with E-state index in [1.54, 1.807) is 19.1 Å². The van der Waals surface area contributed by atoms with Crippen molar-refractivity contribution in [3.63, 3.8) is 0 Å². The molecule has 1 fully saturated rings. The maximum Gasteiger partial charge on any atom is 0.404 e. The SMILES string of the molecule is Cc1cc(C(=O)NCC2CCC(CNC(=O)O)CC2)cc(Cl)n1. The molecule has 2 amide bonds. The largest absolute Gasteiger partial charge is 0.465 e. The first-order valence-electron chi connectivity index (χ1n) is 7.83. The van der Waals surface area contributed by atoms with Crippen LogP contribution in [0, 0.1) is 18.8 Å². The van der Waals surface area contributed by atoms with Crippen LogP contribution in [0.5, 0.6) is 0 Å². The molecule has 1 aromatic rings. The lowest BCUT2D eigenvalue weighted by Crippen LogP contribution is -2.34. The Morgan fingerprint density at radius 2 is 1.74 bits per heavy atom. The van der Waals surface area contributed by atoms with Gasteiger partial charge in [0.15, 0.2) is 0 Å². The van der Waals surface area contributed by atoms with Crippen molar-refractivity contribution in [2.75, 3.05) is 13.1 Å². The van der Waals surface area contributed by atoms with E-state index >= 15 is 0 Å². The topological polar surface area (TPSA) is 91.3 Å². The molecular formula is C16H22ClN3O3. The van der Waals surface area contributed by atoms with Gasteiger partial charge in [0.05, 0.1) is 0 Å². The van der Waals surface area contributed by atoms with Crippen LogP contribution in [0.1, 0.15) is 41.7 Å². The number of nitrogens with one attached hydrogen (secondary N) is 2. The summed E-state index contributed by atoms with van der Waals surface area (Å²) in [4.78, 5) is 26.7. The van der Waals surface area contributed by atoms with Crippen LogP contribution < -0.4 is 10.6 Å². The van der Waals surface area contributed by atoms with E-state index in [0.29, 0.717) is 41.3 Å². The minimum Gasteiger partial charge on any atom is -0.465 e. The minimum absolute atomic E-state index is 0.132. The molecule has 2 rings (SSSR count). The van der Waals surface area contributed by atoms with E-state index in [9.17, 15) is 9.59 Å². The van der Waals surface area contributed by atoms with E-state index < -0.39 is 6.09 Å². The molecule has 1 aromatic heterocycles. The highest BCUT2D eigenvalue weighted by Crippen LogP contribution is 2.28. The number of amides is 2. The van der Waals surface area contributed by atoms with E-state index in [2.05, 4.69) is 15.6 Å². The fraction of sp³-hybridized carbons (Fsp3) is 0.562. The van der Waals surface area contributed by atoms with Crippen molar-refractivity contribution >= 4 is 23.6 Å². The van der Waals surface area contributed by atoms with Gasteiger partial charge < -0.3 is 15.7 Å². The quantitative estimate of drug-likeness (QED) is 0.719. The average molecular weight is 340 g/mol. The summed E-state index contributed by atoms with van der Waals surface area (Å²) in [6.07, 6.45) is 3.01. The first kappa shape index (κ1) is 17.5. The summed E-state index contributed by atoms with van der Waals surface area (Å²) in [5, 5.41) is 14.3. The first-order valence-corrected chi connectivity index (χ1v) is 8.21. The summed E-state index contributed by atoms with van der Waals surface area (Å²) < 4.78 is 0. The molecule has 1 aliphatic carbocycles. The molecule has 0 radical (unpaired) electrons. The maximum atomic E-state index is 12.2. The molecule has 3 N–H and O–H groups in total. The molecule has 23 heavy (non-hydrogen) atoms. The van der Waals surface area contributed by atoms with E-state index in [-0.39, 0.29) is 5.91 Å². The Labute approximate surface area is 140 Å². The highest BCUT2D eigenvalue weighted by atomic mass is 35.5. The molecule has 1 saturated carbocycles. The van der Waals surface area contributed by atoms with Crippen LogP contribution in [0.4, 0.5) is 4.79 Å². The summed E-state index contributed by atoms with van der Waals surface area (Å²) in [6.45, 7) is 2.95. The molecule has 0 saturated heterocycles. The Hall–Kier alpha value is -1.82. The second kappa shape index (κ2) is 8.15. The third-order valence-corrected chi connectivity index (χ3v) is 4.44. The predicted molar refractivity (Wildman–Crippen MR) is 87.8 cm³/mol. The van der Waals surface area contributed by atoms with Crippen LogP contribution >= 0.6 is 11.6 Å². The zero-order valence-electron chi connectivity index (χ0n) is 13.1. The van der Waals surface area contributed by atoms with E-state index in [4.69, 9.17) is 16.7 Å². The van der Waals surface area contributed by atoms with Gasteiger partial charge >= 0.3 is 6.09 Å². The lowest BCUT2D eigenvalue weighted by molar-refractivity contribution is 0.0940. The third-order valence-electron chi connectivity index (χ3n) is 4.24. The number of carbonyl (C=O) groups is 2. The third kappa shape index (κ3) is 5.71. The Kier molecular flexibility index (Phi) is 6.21. The number of nitrogens with zero attached hydrogens (tertiary/aromatic N) is 1. The molecule has 7 heteroatoms. The number of hydrogen-bond donors (Lipinski definition) is 3. The van der Waals surface area contributed by atoms with Gasteiger partial charge in [0, 0.05) is 24.3 Å². The zero-order valence-corrected chi connectivity index (χ0v) is 13.9. The van der Waals surface area contributed by atoms with Gasteiger partial charge in [0.1, 0.15) is 5.15 Å². The van der Waals surface area contributed by atoms with Gasteiger partial charge in [0.25, 0.3) is 5.91 Å². The van der Waals surface area contributed by atoms with Crippen LogP contribution in [0.15, 0.2) is 12.1 Å². The number of carbonyl (C=O) groups excluding carboxylic acids is 1. The number of hydrogen-bond acceptors (Lipinski definition) is 3. The number of halogens is 1. The van der Waals surface area contributed by atoms with Crippen LogP contribution in [0.25, 0.3) is 0 Å². The standard InChI is InChI=1S/C16H22ClN3O3/c1-10-6-13(7-14(17)20-10)15(21)18-8-11-2-4-12(5-3-11)9-19-16(22)23/h6-7,11-12,19H,2-5,8-9H2,1H3,(H,18,21)(H,22,23). The summed E-state index contributed by atoms with van der Waals surface area (Å²) in [5.74, 6) is 0.713. The van der Waals surface area contributed by atoms with Crippen molar-refractivity contribution in [1.29, 1.82) is 0 Å². The van der Waals surface area contributed by atoms with Crippen molar-refractivity contribution in [2.24, 2.45) is 11.8 Å². The Morgan fingerprint density at radius 1 is 1.17 bits per heavy atom. The Balaban J connectivity index is 1.74. The molecule has 0 spiro atoms. The lowest BCUT2D eigenvalue weighted by atomic mass is 9.82. The number of aryl methyl sites for hydroxylation is 1. The fourth-order valence-electron chi connectivity index (χ4n) is 2.97. The average Bonchev–Trinajstić information content (AvgIpc) is 2.50. The molecule has 0 bridgehead atoms. The normalized spacial score (nSPS) is 20.8. The molecule has 0 aliphatic heterocycles. The highest BCUT2D eigenvalue weighted by Gasteiger charge is 2.22. The van der Waals surface area contributed by atoms with Crippen molar-refractivity contribution in [1.82, 2.24) is 15.6 Å². The molecule has 1 heterocycles. The molecular weight excluding hydrogens is 318 g/mol. The van der Waals surface area contributed by atoms with Gasteiger partial charge in [-0.15, -0.1) is 0 Å². The van der Waals surface area contributed by atoms with E-state index in [1.807, 2.05) is 0 Å². The van der Waals surface area contributed by atoms with Crippen LogP contribution in [0.3, 0.4) is 0 Å². The van der Waals surface area contributed by atoms with E-state index in [0.717, 1.165) is 25.7 Å². The summed E-state index contributed by atoms with van der Waals surface area (Å²) in [5.41, 5.74) is 1.25. The number of rotatable bonds is 5. The van der Waals surface area contributed by atoms with Crippen molar-refractivity contribution in [3.05, 3.63) is 28.5 Å². The fourth-order valence-corrected chi connectivity index (χ4v) is 3.22. The second-order valence-electron chi connectivity index (χ2n) is 6.10. The van der Waals surface area contributed by atoms with Crippen LogP contribution in [-0.4, -0.2) is 35.2 Å². The van der Waals surface area contributed by atoms with Gasteiger partial charge in [-0.05, 0) is 56.6 Å². The van der Waals surface area contributed by atoms with Gasteiger partial charge in [0.2, 0.25) is 0 Å². The minimum atomic E-state index is -0.967. The Bertz CT molecular complexity index is 551. The van der Waals surface area contributed by atoms with Crippen molar-refractivity contribution in [2.45, 2.75) is 32.6 Å². The molecule has 126 valence electrons. The van der Waals surface area contributed by atoms with Gasteiger partial charge in [-0.1, -0.05) is 11.6 Å². The van der Waals surface area contributed by atoms with Crippen LogP contribution in [0.2, 0.25) is 5.15 Å². The highest BCUT2D eigenvalue weighted by molar-refractivity contribution is 6.29. The zero-order chi connectivity index (χ0) is 16.8. The van der Waals surface area contributed by atoms with Crippen molar-refractivity contribution in [3.8, 4) is 0 Å². The summed E-state index contributed by atoms with van der Waals surface area (Å²) in [6, 6.07) is 3.29. The number of carboxylic acid groups (broad SMARTS) is 1. The maximum absolute atomic E-state index is 12.2. The second-order valence-corrected chi connectivity index (χ2v) is 6.49. The molecule has 1 aliphatic rings. The smallest absolute Gasteiger partial charge is 0.404 e. The Morgan fingerprint density at radius 3 is 2.26 bits per heavy atom. The number of aromatic nitrogens is 1. The predicted octanol–water partition coefficient (Wildman–Crippen LogP) is 2.85. The molecule has 0 atom stereocenters. The van der Waals surface area contributed by atoms with Crippen LogP contribution in [-0.2, 0) is 0 Å². The summed E-state index contributed by atoms with van der Waals surface area (Å²) >= 11 is 5.87. The van der Waals surface area contributed by atoms with Crippen molar-refractivity contribution < 1.29 is 14.7 Å². The molecule has 6 nitrogen and oxygen atoms in total. The first-order chi connectivity index (χ1) is 10.9. The van der Waals surface area contributed by atoms with Gasteiger partial charge in [-0.25, -0.2) is 9.78 Å².